The van der Waals surface area contributed by atoms with E-state index < -0.39 is 88.3 Å². The second-order valence-corrected chi connectivity index (χ2v) is 14.4. The van der Waals surface area contributed by atoms with Gasteiger partial charge in [-0.05, 0) is 18.2 Å². The lowest BCUT2D eigenvalue weighted by atomic mass is 9.99. The van der Waals surface area contributed by atoms with Crippen LogP contribution >= 0.6 is 0 Å². The van der Waals surface area contributed by atoms with Crippen LogP contribution in [0.5, 0.6) is 0 Å². The van der Waals surface area contributed by atoms with E-state index in [0.29, 0.717) is 0 Å². The van der Waals surface area contributed by atoms with Gasteiger partial charge in [-0.25, -0.2) is 0 Å². The zero-order chi connectivity index (χ0) is 33.2. The highest BCUT2D eigenvalue weighted by Crippen LogP contribution is 2.34. The molecule has 15 nitrogen and oxygen atoms in total. The summed E-state index contributed by atoms with van der Waals surface area (Å²) in [5.41, 5.74) is -3.16. The average molecular weight is 683 g/mol. The number of hydrogen-bond acceptors (Lipinski definition) is 10. The smallest absolute Gasteiger partial charge is 0.289 e. The summed E-state index contributed by atoms with van der Waals surface area (Å²) < 4.78 is 103. The van der Waals surface area contributed by atoms with Crippen molar-refractivity contribution >= 4 is 95.5 Å². The molecule has 0 unspecified atom stereocenters. The third-order valence-electron chi connectivity index (χ3n) is 7.76. The van der Waals surface area contributed by atoms with Crippen molar-refractivity contribution in [3.05, 3.63) is 95.5 Å². The van der Waals surface area contributed by atoms with Gasteiger partial charge in [0, 0.05) is 39.1 Å². The van der Waals surface area contributed by atoms with Gasteiger partial charge in [-0.3, -0.25) is 32.8 Å². The fourth-order valence-electron chi connectivity index (χ4n) is 5.92. The first-order valence-corrected chi connectivity index (χ1v) is 17.0. The van der Waals surface area contributed by atoms with Gasteiger partial charge < -0.3 is 0 Å². The summed E-state index contributed by atoms with van der Waals surface area (Å²) in [5, 5.41) is -2.76. The lowest BCUT2D eigenvalue weighted by Gasteiger charge is -2.12. The van der Waals surface area contributed by atoms with Crippen molar-refractivity contribution in [1.82, 2.24) is 0 Å². The Kier molecular flexibility index (Phi) is 5.93. The van der Waals surface area contributed by atoms with Crippen molar-refractivity contribution in [2.75, 3.05) is 0 Å². The highest BCUT2D eigenvalue weighted by atomic mass is 32.2. The first-order chi connectivity index (χ1) is 21.4. The van der Waals surface area contributed by atoms with E-state index in [0.717, 1.165) is 6.07 Å². The van der Waals surface area contributed by atoms with E-state index in [1.54, 1.807) is 12.1 Å². The van der Waals surface area contributed by atoms with E-state index in [1.807, 2.05) is 0 Å². The third kappa shape index (κ3) is 4.02. The van der Waals surface area contributed by atoms with Crippen molar-refractivity contribution in [2.45, 2.75) is 14.7 Å². The summed E-state index contributed by atoms with van der Waals surface area (Å²) in [5.74, 6) is 0. The Labute approximate surface area is 253 Å². The molecule has 0 aliphatic rings. The molecule has 0 radical (unpaired) electrons. The molecule has 0 aliphatic carbocycles. The van der Waals surface area contributed by atoms with Crippen LogP contribution in [0.2, 0.25) is 0 Å². The molecule has 1 aromatic heterocycles. The van der Waals surface area contributed by atoms with E-state index in [1.165, 1.54) is 30.3 Å². The van der Waals surface area contributed by atoms with Gasteiger partial charge in [-0.15, -0.1) is 0 Å². The van der Waals surface area contributed by atoms with Gasteiger partial charge >= 0.3 is 0 Å². The van der Waals surface area contributed by atoms with Crippen LogP contribution in [0, 0.1) is 0 Å². The number of aromatic nitrogens is 2. The zero-order valence-electron chi connectivity index (χ0n) is 22.3. The molecule has 5 N–H and O–H groups in total. The maximum Gasteiger partial charge on any atom is 0.297 e. The van der Waals surface area contributed by atoms with E-state index >= 15 is 0 Å². The Balaban J connectivity index is 1.73. The van der Waals surface area contributed by atoms with Gasteiger partial charge in [-0.2, -0.15) is 35.2 Å². The molecule has 7 aromatic rings. The van der Waals surface area contributed by atoms with Crippen molar-refractivity contribution in [1.29, 1.82) is 0 Å². The molecule has 6 aromatic carbocycles. The van der Waals surface area contributed by atoms with Crippen molar-refractivity contribution in [2.24, 2.45) is 0 Å². The topological polar surface area (TPSA) is 260 Å². The highest BCUT2D eigenvalue weighted by molar-refractivity contribution is 7.90. The van der Waals surface area contributed by atoms with Gasteiger partial charge in [0.05, 0.1) is 5.39 Å². The van der Waals surface area contributed by atoms with E-state index in [-0.39, 0.29) is 49.7 Å². The number of benzene rings is 6. The van der Waals surface area contributed by atoms with Crippen molar-refractivity contribution in [3.63, 3.8) is 0 Å². The quantitative estimate of drug-likeness (QED) is 0.129. The molecule has 46 heavy (non-hydrogen) atoms. The van der Waals surface area contributed by atoms with Gasteiger partial charge in [0.2, 0.25) is 10.9 Å². The van der Waals surface area contributed by atoms with Crippen LogP contribution in [0.3, 0.4) is 0 Å². The van der Waals surface area contributed by atoms with Gasteiger partial charge in [0.1, 0.15) is 25.5 Å². The molecule has 0 fully saturated rings. The van der Waals surface area contributed by atoms with Crippen LogP contribution in [-0.4, -0.2) is 38.9 Å². The summed E-state index contributed by atoms with van der Waals surface area (Å²) in [4.78, 5) is 54.5. The van der Waals surface area contributed by atoms with Crippen LogP contribution in [-0.2, 0) is 30.4 Å². The first kappa shape index (κ1) is 29.6. The number of fused-ring (bicyclic) bond motifs is 8. The second-order valence-electron chi connectivity index (χ2n) is 10.3. The average Bonchev–Trinajstić information content (AvgIpc) is 2.98. The maximum absolute atomic E-state index is 13.9. The fourth-order valence-corrected chi connectivity index (χ4v) is 9.31. The Hall–Kier alpha value is -5.11. The minimum absolute atomic E-state index is 0.0261. The number of rotatable bonds is 3. The maximum atomic E-state index is 13.9. The van der Waals surface area contributed by atoms with E-state index in [4.69, 9.17) is 0 Å². The summed E-state index contributed by atoms with van der Waals surface area (Å²) in [6.45, 7) is 0. The first-order valence-electron chi connectivity index (χ1n) is 12.7. The monoisotopic (exact) mass is 682 g/mol. The van der Waals surface area contributed by atoms with E-state index in [9.17, 15) is 58.1 Å². The molecule has 18 heteroatoms. The molecule has 230 valence electrons. The Morgan fingerprint density at radius 1 is 0.457 bits per heavy atom. The highest BCUT2D eigenvalue weighted by Gasteiger charge is 2.37. The van der Waals surface area contributed by atoms with Crippen molar-refractivity contribution < 1.29 is 48.9 Å². The Morgan fingerprint density at radius 2 is 0.891 bits per heavy atom. The summed E-state index contributed by atoms with van der Waals surface area (Å²) in [6, 6.07) is 11.5. The van der Waals surface area contributed by atoms with Crippen LogP contribution in [0.4, 0.5) is 0 Å². The molecular formula is C28H14N2O13S3+2. The molecule has 0 aliphatic heterocycles. The lowest BCUT2D eigenvalue weighted by molar-refractivity contribution is -0.359. The number of hydrogen-bond donors (Lipinski definition) is 3. The predicted octanol–water partition coefficient (Wildman–Crippen LogP) is 0.290. The van der Waals surface area contributed by atoms with E-state index in [2.05, 4.69) is 9.97 Å². The second kappa shape index (κ2) is 9.22. The summed E-state index contributed by atoms with van der Waals surface area (Å²) in [7, 11) is -17.5. The number of nitrogens with one attached hydrogen (secondary N) is 2. The van der Waals surface area contributed by atoms with Crippen LogP contribution < -0.4 is 31.7 Å². The third-order valence-corrected chi connectivity index (χ3v) is 10.8. The molecule has 0 spiro atoms. The van der Waals surface area contributed by atoms with Crippen molar-refractivity contribution in [3.8, 4) is 0 Å². The fraction of sp³-hybridized carbons (Fsp3) is 0. The largest absolute Gasteiger partial charge is 0.297 e. The molecule has 0 saturated heterocycles. The molecule has 1 heterocycles. The Morgan fingerprint density at radius 3 is 1.37 bits per heavy atom. The minimum Gasteiger partial charge on any atom is -0.289 e. The van der Waals surface area contributed by atoms with Crippen LogP contribution in [0.15, 0.2) is 88.5 Å². The molecule has 0 amide bonds. The SMILES string of the molecule is O=c1c2ccccc2c(=O)c2c1ccc1[nH+]c3c(ccc4c(=O)c5c(S(=O)(=O)O)c(S(=O)(=O)O)c(S(=O)(=O)O)cc5c(=O)c43)[nH+]c12. The van der Waals surface area contributed by atoms with Gasteiger partial charge in [0.25, 0.3) is 52.4 Å². The molecule has 0 atom stereocenters. The summed E-state index contributed by atoms with van der Waals surface area (Å²) in [6.07, 6.45) is 0. The molecular weight excluding hydrogens is 669 g/mol. The normalized spacial score (nSPS) is 13.1. The molecule has 0 saturated carbocycles. The Bertz CT molecular complexity index is 3190. The van der Waals surface area contributed by atoms with Crippen LogP contribution in [0.25, 0.3) is 65.2 Å². The standard InChI is InChI=1S/C28H12N2O13S3/c31-23-10-3-1-2-4-11(10)24(32)18-12(23)5-7-15-21(18)29-16-8-6-13-19(22(16)30-15)26(34)14-9-17(44(35,36)37)27(45(38,39)40)28(46(41,42)43)20(14)25(13)33/h1-9H,(H,35,36,37)(H,38,39,40)(H,41,42,43)/p+2. The lowest BCUT2D eigenvalue weighted by Crippen LogP contribution is -2.25. The predicted molar refractivity (Wildman–Crippen MR) is 161 cm³/mol. The number of aromatic amines is 2. The molecule has 0 bridgehead atoms. The van der Waals surface area contributed by atoms with Gasteiger partial charge in [0.15, 0.2) is 10.9 Å². The van der Waals surface area contributed by atoms with Crippen LogP contribution in [0.1, 0.15) is 0 Å². The number of H-pyrrole nitrogens is 2. The molecule has 7 rings (SSSR count). The van der Waals surface area contributed by atoms with Gasteiger partial charge in [-0.1, -0.05) is 24.3 Å². The summed E-state index contributed by atoms with van der Waals surface area (Å²) >= 11 is 0. The minimum atomic E-state index is -5.88. The zero-order valence-corrected chi connectivity index (χ0v) is 24.8.